The fourth-order valence-corrected chi connectivity index (χ4v) is 1.17. The van der Waals surface area contributed by atoms with E-state index in [2.05, 4.69) is 0 Å². The van der Waals surface area contributed by atoms with Crippen LogP contribution in [0.5, 0.6) is 0 Å². The highest BCUT2D eigenvalue weighted by Gasteiger charge is 2.18. The molecule has 0 aliphatic carbocycles. The van der Waals surface area contributed by atoms with Crippen LogP contribution in [0.4, 0.5) is 0 Å². The maximum Gasteiger partial charge on any atom is 0.162 e. The molecule has 1 aliphatic heterocycles. The normalized spacial score (nSPS) is 21.2. The molecule has 12 heavy (non-hydrogen) atoms. The molecule has 70 valence electrons. The zero-order valence-corrected chi connectivity index (χ0v) is 7.25. The van der Waals surface area contributed by atoms with Crippen LogP contribution in [-0.2, 0) is 9.47 Å². The molecule has 1 unspecified atom stereocenters. The van der Waals surface area contributed by atoms with Gasteiger partial charge in [-0.25, -0.2) is 0 Å². The number of aliphatic hydroxyl groups excluding tert-OH is 1. The molecular formula is C8H15NO3. The Morgan fingerprint density at radius 2 is 2.17 bits per heavy atom. The number of ether oxygens (including phenoxy) is 2. The quantitative estimate of drug-likeness (QED) is 0.610. The third kappa shape index (κ3) is 3.30. The van der Waals surface area contributed by atoms with Gasteiger partial charge in [-0.05, 0) is 6.92 Å². The van der Waals surface area contributed by atoms with E-state index in [1.165, 1.54) is 0 Å². The Morgan fingerprint density at radius 1 is 1.58 bits per heavy atom. The highest BCUT2D eigenvalue weighted by atomic mass is 16.7. The molecule has 1 fully saturated rings. The Kier molecular flexibility index (Phi) is 3.65. The van der Waals surface area contributed by atoms with E-state index in [0.717, 1.165) is 0 Å². The summed E-state index contributed by atoms with van der Waals surface area (Å²) in [5.74, 6) is 0. The van der Waals surface area contributed by atoms with Gasteiger partial charge >= 0.3 is 0 Å². The van der Waals surface area contributed by atoms with Crippen molar-refractivity contribution in [1.82, 2.24) is 0 Å². The minimum atomic E-state index is -0.445. The molecule has 4 heteroatoms. The highest BCUT2D eigenvalue weighted by molar-refractivity contribution is 5.82. The van der Waals surface area contributed by atoms with Crippen molar-refractivity contribution in [3.8, 4) is 0 Å². The third-order valence-electron chi connectivity index (χ3n) is 1.65. The van der Waals surface area contributed by atoms with Gasteiger partial charge < -0.3 is 20.0 Å². The van der Waals surface area contributed by atoms with Gasteiger partial charge in [-0.1, -0.05) is 0 Å². The summed E-state index contributed by atoms with van der Waals surface area (Å²) < 4.78 is 10.3. The summed E-state index contributed by atoms with van der Waals surface area (Å²) >= 11 is 0. The van der Waals surface area contributed by atoms with Crippen molar-refractivity contribution in [1.29, 1.82) is 5.41 Å². The van der Waals surface area contributed by atoms with Gasteiger partial charge in [0.1, 0.15) is 0 Å². The summed E-state index contributed by atoms with van der Waals surface area (Å²) in [5.41, 5.74) is 0.483. The second kappa shape index (κ2) is 4.54. The molecule has 4 nitrogen and oxygen atoms in total. The molecule has 1 atom stereocenters. The van der Waals surface area contributed by atoms with Crippen LogP contribution in [0.2, 0.25) is 0 Å². The summed E-state index contributed by atoms with van der Waals surface area (Å²) in [7, 11) is 0. The van der Waals surface area contributed by atoms with Gasteiger partial charge in [0.2, 0.25) is 0 Å². The van der Waals surface area contributed by atoms with Crippen molar-refractivity contribution in [3.05, 3.63) is 0 Å². The molecule has 0 saturated carbocycles. The summed E-state index contributed by atoms with van der Waals surface area (Å²) in [6.45, 7) is 2.91. The molecule has 0 aromatic carbocycles. The van der Waals surface area contributed by atoms with Crippen molar-refractivity contribution < 1.29 is 14.6 Å². The van der Waals surface area contributed by atoms with Gasteiger partial charge in [-0.15, -0.1) is 0 Å². The smallest absolute Gasteiger partial charge is 0.162 e. The minimum absolute atomic E-state index is 0.253. The number of nitrogens with one attached hydrogen (secondary N) is 1. The van der Waals surface area contributed by atoms with E-state index < -0.39 is 6.10 Å². The van der Waals surface area contributed by atoms with Crippen LogP contribution in [0.3, 0.4) is 0 Å². The van der Waals surface area contributed by atoms with Gasteiger partial charge in [0.15, 0.2) is 6.29 Å². The van der Waals surface area contributed by atoms with E-state index >= 15 is 0 Å². The van der Waals surface area contributed by atoms with Gasteiger partial charge in [-0.2, -0.15) is 0 Å². The summed E-state index contributed by atoms with van der Waals surface area (Å²) in [5, 5.41) is 16.4. The molecule has 1 heterocycles. The van der Waals surface area contributed by atoms with Gasteiger partial charge in [0.05, 0.1) is 19.3 Å². The van der Waals surface area contributed by atoms with Gasteiger partial charge in [0.25, 0.3) is 0 Å². The van der Waals surface area contributed by atoms with Crippen molar-refractivity contribution >= 4 is 5.71 Å². The van der Waals surface area contributed by atoms with Crippen molar-refractivity contribution in [3.63, 3.8) is 0 Å². The molecule has 1 rings (SSSR count). The molecule has 0 amide bonds. The molecule has 1 aliphatic rings. The van der Waals surface area contributed by atoms with Crippen LogP contribution in [0.25, 0.3) is 0 Å². The van der Waals surface area contributed by atoms with E-state index in [1.54, 1.807) is 6.92 Å². The van der Waals surface area contributed by atoms with Crippen LogP contribution < -0.4 is 0 Å². The van der Waals surface area contributed by atoms with E-state index in [-0.39, 0.29) is 6.29 Å². The van der Waals surface area contributed by atoms with E-state index in [4.69, 9.17) is 20.0 Å². The van der Waals surface area contributed by atoms with Crippen molar-refractivity contribution in [2.75, 3.05) is 13.2 Å². The largest absolute Gasteiger partial charge is 0.393 e. The Morgan fingerprint density at radius 3 is 2.67 bits per heavy atom. The second-order valence-electron chi connectivity index (χ2n) is 3.03. The fraction of sp³-hybridized carbons (Fsp3) is 0.875. The molecule has 0 spiro atoms. The SMILES string of the molecule is CC(O)CC(=N)CC1OCCO1. The van der Waals surface area contributed by atoms with Crippen molar-refractivity contribution in [2.24, 2.45) is 0 Å². The van der Waals surface area contributed by atoms with E-state index in [0.29, 0.717) is 31.8 Å². The Bertz CT molecular complexity index is 152. The summed E-state index contributed by atoms with van der Waals surface area (Å²) in [6.07, 6.45) is 0.184. The Hall–Kier alpha value is -0.450. The molecule has 0 aromatic heterocycles. The van der Waals surface area contributed by atoms with Gasteiger partial charge in [0, 0.05) is 18.6 Å². The molecule has 0 radical (unpaired) electrons. The van der Waals surface area contributed by atoms with E-state index in [9.17, 15) is 0 Å². The standard InChI is InChI=1S/C8H15NO3/c1-6(10)4-7(9)5-8-11-2-3-12-8/h6,8-10H,2-5H2,1H3. The number of aliphatic hydroxyl groups is 1. The first-order valence-corrected chi connectivity index (χ1v) is 4.16. The van der Waals surface area contributed by atoms with Crippen LogP contribution >= 0.6 is 0 Å². The highest BCUT2D eigenvalue weighted by Crippen LogP contribution is 2.10. The Balaban J connectivity index is 2.16. The van der Waals surface area contributed by atoms with Crippen LogP contribution in [0, 0.1) is 5.41 Å². The third-order valence-corrected chi connectivity index (χ3v) is 1.65. The fourth-order valence-electron chi connectivity index (χ4n) is 1.17. The first-order valence-electron chi connectivity index (χ1n) is 4.16. The predicted octanol–water partition coefficient (Wildman–Crippen LogP) is 0.540. The van der Waals surface area contributed by atoms with Crippen molar-refractivity contribution in [2.45, 2.75) is 32.2 Å². The average Bonchev–Trinajstić information content (AvgIpc) is 2.37. The zero-order chi connectivity index (χ0) is 8.97. The summed E-state index contributed by atoms with van der Waals surface area (Å²) in [4.78, 5) is 0. The maximum absolute atomic E-state index is 8.97. The first-order chi connectivity index (χ1) is 5.68. The predicted molar refractivity (Wildman–Crippen MR) is 44.3 cm³/mol. The van der Waals surface area contributed by atoms with Crippen LogP contribution in [0.1, 0.15) is 19.8 Å². The number of rotatable bonds is 4. The zero-order valence-electron chi connectivity index (χ0n) is 7.25. The van der Waals surface area contributed by atoms with Crippen LogP contribution in [0.15, 0.2) is 0 Å². The minimum Gasteiger partial charge on any atom is -0.393 e. The molecule has 2 N–H and O–H groups in total. The average molecular weight is 173 g/mol. The number of hydrogen-bond donors (Lipinski definition) is 2. The molecular weight excluding hydrogens is 158 g/mol. The topological polar surface area (TPSA) is 62.5 Å². The lowest BCUT2D eigenvalue weighted by atomic mass is 10.1. The number of hydrogen-bond acceptors (Lipinski definition) is 4. The first kappa shape index (κ1) is 9.64. The van der Waals surface area contributed by atoms with Gasteiger partial charge in [-0.3, -0.25) is 0 Å². The lowest BCUT2D eigenvalue weighted by molar-refractivity contribution is -0.0353. The Labute approximate surface area is 72.0 Å². The summed E-state index contributed by atoms with van der Waals surface area (Å²) in [6, 6.07) is 0. The van der Waals surface area contributed by atoms with E-state index in [1.807, 2.05) is 0 Å². The maximum atomic E-state index is 8.97. The van der Waals surface area contributed by atoms with Crippen LogP contribution in [-0.4, -0.2) is 36.4 Å². The monoisotopic (exact) mass is 173 g/mol. The molecule has 1 saturated heterocycles. The lowest BCUT2D eigenvalue weighted by Gasteiger charge is -2.10. The second-order valence-corrected chi connectivity index (χ2v) is 3.03. The molecule has 0 aromatic rings. The molecule has 0 bridgehead atoms. The lowest BCUT2D eigenvalue weighted by Crippen LogP contribution is -2.17.